The molecular formula is C17H17N3. The van der Waals surface area contributed by atoms with Gasteiger partial charge < -0.3 is 5.32 Å². The van der Waals surface area contributed by atoms with E-state index in [1.54, 1.807) is 0 Å². The molecule has 0 aliphatic heterocycles. The van der Waals surface area contributed by atoms with Gasteiger partial charge in [0.25, 0.3) is 0 Å². The topological polar surface area (TPSA) is 37.8 Å². The predicted molar refractivity (Wildman–Crippen MR) is 83.8 cm³/mol. The second-order valence-corrected chi connectivity index (χ2v) is 4.74. The van der Waals surface area contributed by atoms with Crippen LogP contribution in [0.2, 0.25) is 0 Å². The van der Waals surface area contributed by atoms with Gasteiger partial charge in [0, 0.05) is 29.9 Å². The molecule has 0 bridgehead atoms. The monoisotopic (exact) mass is 263 g/mol. The second-order valence-electron chi connectivity index (χ2n) is 4.74. The average Bonchev–Trinajstić information content (AvgIpc) is 2.52. The first-order valence-corrected chi connectivity index (χ1v) is 6.92. The van der Waals surface area contributed by atoms with Crippen LogP contribution in [0.25, 0.3) is 22.0 Å². The first-order chi connectivity index (χ1) is 9.88. The van der Waals surface area contributed by atoms with Crippen molar-refractivity contribution in [3.8, 4) is 11.3 Å². The molecule has 0 saturated heterocycles. The van der Waals surface area contributed by atoms with Crippen LogP contribution < -0.4 is 5.32 Å². The summed E-state index contributed by atoms with van der Waals surface area (Å²) in [6.45, 7) is 3.09. The van der Waals surface area contributed by atoms with Crippen LogP contribution in [0.4, 0.5) is 5.82 Å². The number of benzene rings is 1. The molecule has 0 atom stereocenters. The third-order valence-electron chi connectivity index (χ3n) is 3.26. The molecule has 3 nitrogen and oxygen atoms in total. The number of hydrogen-bond acceptors (Lipinski definition) is 3. The third-order valence-corrected chi connectivity index (χ3v) is 3.26. The molecule has 1 aromatic carbocycles. The molecule has 0 saturated carbocycles. The van der Waals surface area contributed by atoms with E-state index in [1.807, 2.05) is 42.7 Å². The highest BCUT2D eigenvalue weighted by atomic mass is 15.0. The predicted octanol–water partition coefficient (Wildman–Crippen LogP) is 4.12. The molecule has 0 aliphatic carbocycles. The Morgan fingerprint density at radius 1 is 1.05 bits per heavy atom. The SMILES string of the molecule is CCCNc1cccc(-c2cccc3cnccc23)n1. The van der Waals surface area contributed by atoms with Crippen LogP contribution in [0.3, 0.4) is 0 Å². The quantitative estimate of drug-likeness (QED) is 0.769. The van der Waals surface area contributed by atoms with E-state index in [9.17, 15) is 0 Å². The van der Waals surface area contributed by atoms with Gasteiger partial charge in [0.15, 0.2) is 0 Å². The molecule has 1 N–H and O–H groups in total. The summed E-state index contributed by atoms with van der Waals surface area (Å²) in [6.07, 6.45) is 4.80. The van der Waals surface area contributed by atoms with E-state index in [0.717, 1.165) is 35.4 Å². The van der Waals surface area contributed by atoms with Crippen molar-refractivity contribution in [3.05, 3.63) is 54.9 Å². The Morgan fingerprint density at radius 3 is 2.85 bits per heavy atom. The summed E-state index contributed by atoms with van der Waals surface area (Å²) in [5.74, 6) is 0.926. The van der Waals surface area contributed by atoms with Gasteiger partial charge in [0.05, 0.1) is 5.69 Å². The molecule has 0 unspecified atom stereocenters. The number of nitrogens with zero attached hydrogens (tertiary/aromatic N) is 2. The summed E-state index contributed by atoms with van der Waals surface area (Å²) >= 11 is 0. The summed E-state index contributed by atoms with van der Waals surface area (Å²) in [7, 11) is 0. The lowest BCUT2D eigenvalue weighted by Gasteiger charge is -2.08. The fraction of sp³-hybridized carbons (Fsp3) is 0.176. The van der Waals surface area contributed by atoms with Gasteiger partial charge in [-0.3, -0.25) is 4.98 Å². The fourth-order valence-corrected chi connectivity index (χ4v) is 2.28. The Hall–Kier alpha value is -2.42. The summed E-state index contributed by atoms with van der Waals surface area (Å²) in [5, 5.41) is 5.65. The largest absolute Gasteiger partial charge is 0.370 e. The van der Waals surface area contributed by atoms with Gasteiger partial charge in [0.2, 0.25) is 0 Å². The average molecular weight is 263 g/mol. The van der Waals surface area contributed by atoms with Crippen LogP contribution in [0, 0.1) is 0 Å². The molecule has 0 aliphatic rings. The Kier molecular flexibility index (Phi) is 3.59. The zero-order chi connectivity index (χ0) is 13.8. The number of hydrogen-bond donors (Lipinski definition) is 1. The molecule has 3 rings (SSSR count). The minimum Gasteiger partial charge on any atom is -0.370 e. The summed E-state index contributed by atoms with van der Waals surface area (Å²) in [5.41, 5.74) is 2.13. The molecule has 0 radical (unpaired) electrons. The van der Waals surface area contributed by atoms with Crippen molar-refractivity contribution >= 4 is 16.6 Å². The van der Waals surface area contributed by atoms with Crippen LogP contribution >= 0.6 is 0 Å². The van der Waals surface area contributed by atoms with Gasteiger partial charge in [0.1, 0.15) is 5.82 Å². The van der Waals surface area contributed by atoms with E-state index < -0.39 is 0 Å². The number of nitrogens with one attached hydrogen (secondary N) is 1. The van der Waals surface area contributed by atoms with Crippen molar-refractivity contribution in [3.63, 3.8) is 0 Å². The Bertz CT molecular complexity index is 717. The minimum absolute atomic E-state index is 0.926. The number of aromatic nitrogens is 2. The zero-order valence-electron chi connectivity index (χ0n) is 11.5. The zero-order valence-corrected chi connectivity index (χ0v) is 11.5. The lowest BCUT2D eigenvalue weighted by Crippen LogP contribution is -2.02. The highest BCUT2D eigenvalue weighted by molar-refractivity contribution is 5.95. The van der Waals surface area contributed by atoms with E-state index >= 15 is 0 Å². The smallest absolute Gasteiger partial charge is 0.126 e. The molecule has 0 spiro atoms. The first-order valence-electron chi connectivity index (χ1n) is 6.92. The maximum Gasteiger partial charge on any atom is 0.126 e. The van der Waals surface area contributed by atoms with E-state index in [2.05, 4.69) is 29.4 Å². The van der Waals surface area contributed by atoms with E-state index in [0.29, 0.717) is 0 Å². The summed E-state index contributed by atoms with van der Waals surface area (Å²) < 4.78 is 0. The maximum atomic E-state index is 4.70. The van der Waals surface area contributed by atoms with E-state index in [-0.39, 0.29) is 0 Å². The second kappa shape index (κ2) is 5.70. The normalized spacial score (nSPS) is 10.7. The Morgan fingerprint density at radius 2 is 1.95 bits per heavy atom. The van der Waals surface area contributed by atoms with Crippen molar-refractivity contribution in [2.45, 2.75) is 13.3 Å². The van der Waals surface area contributed by atoms with Crippen molar-refractivity contribution in [1.82, 2.24) is 9.97 Å². The van der Waals surface area contributed by atoms with Gasteiger partial charge >= 0.3 is 0 Å². The Labute approximate surface area is 118 Å². The van der Waals surface area contributed by atoms with Crippen LogP contribution in [-0.4, -0.2) is 16.5 Å². The van der Waals surface area contributed by atoms with Gasteiger partial charge in [-0.25, -0.2) is 4.98 Å². The van der Waals surface area contributed by atoms with Crippen LogP contribution in [0.15, 0.2) is 54.9 Å². The maximum absolute atomic E-state index is 4.70. The van der Waals surface area contributed by atoms with Crippen LogP contribution in [0.5, 0.6) is 0 Å². The van der Waals surface area contributed by atoms with Crippen molar-refractivity contribution in [2.75, 3.05) is 11.9 Å². The summed E-state index contributed by atoms with van der Waals surface area (Å²) in [4.78, 5) is 8.87. The molecule has 3 heteroatoms. The van der Waals surface area contributed by atoms with Crippen LogP contribution in [-0.2, 0) is 0 Å². The molecule has 100 valence electrons. The molecule has 2 aromatic heterocycles. The minimum atomic E-state index is 0.926. The third kappa shape index (κ3) is 2.48. The lowest BCUT2D eigenvalue weighted by molar-refractivity contribution is 0.970. The molecule has 2 heterocycles. The van der Waals surface area contributed by atoms with Crippen molar-refractivity contribution in [2.24, 2.45) is 0 Å². The fourth-order valence-electron chi connectivity index (χ4n) is 2.28. The van der Waals surface area contributed by atoms with Crippen LogP contribution in [0.1, 0.15) is 13.3 Å². The highest BCUT2D eigenvalue weighted by Crippen LogP contribution is 2.27. The van der Waals surface area contributed by atoms with Gasteiger partial charge in [-0.2, -0.15) is 0 Å². The number of fused-ring (bicyclic) bond motifs is 1. The highest BCUT2D eigenvalue weighted by Gasteiger charge is 2.05. The summed E-state index contributed by atoms with van der Waals surface area (Å²) in [6, 6.07) is 14.4. The van der Waals surface area contributed by atoms with Gasteiger partial charge in [-0.05, 0) is 30.0 Å². The van der Waals surface area contributed by atoms with Crippen molar-refractivity contribution in [1.29, 1.82) is 0 Å². The lowest BCUT2D eigenvalue weighted by atomic mass is 10.0. The van der Waals surface area contributed by atoms with E-state index in [1.165, 1.54) is 5.39 Å². The molecule has 3 aromatic rings. The van der Waals surface area contributed by atoms with Gasteiger partial charge in [-0.15, -0.1) is 0 Å². The number of anilines is 1. The molecule has 0 fully saturated rings. The molecule has 0 amide bonds. The Balaban J connectivity index is 2.06. The van der Waals surface area contributed by atoms with Crippen molar-refractivity contribution < 1.29 is 0 Å². The van der Waals surface area contributed by atoms with E-state index in [4.69, 9.17) is 4.98 Å². The molecular weight excluding hydrogens is 246 g/mol. The number of rotatable bonds is 4. The number of pyridine rings is 2. The molecule has 20 heavy (non-hydrogen) atoms. The standard InChI is InChI=1S/C17H17N3/c1-2-10-19-17-8-4-7-16(20-17)15-6-3-5-13-12-18-11-9-14(13)15/h3-9,11-12H,2,10H2,1H3,(H,19,20). The van der Waals surface area contributed by atoms with Gasteiger partial charge in [-0.1, -0.05) is 31.2 Å². The first kappa shape index (κ1) is 12.6.